The first-order valence-corrected chi connectivity index (χ1v) is 8.40. The zero-order valence-electron chi connectivity index (χ0n) is 13.4. The van der Waals surface area contributed by atoms with Gasteiger partial charge in [0.15, 0.2) is 0 Å². The maximum Gasteiger partial charge on any atom is 0.251 e. The molecule has 0 unspecified atom stereocenters. The van der Waals surface area contributed by atoms with Crippen LogP contribution in [-0.4, -0.2) is 17.9 Å². The topological polar surface area (TPSA) is 58.2 Å². The highest BCUT2D eigenvalue weighted by molar-refractivity contribution is 5.97. The zero-order valence-corrected chi connectivity index (χ0v) is 13.4. The lowest BCUT2D eigenvalue weighted by Gasteiger charge is -2.08. The Kier molecular flexibility index (Phi) is 6.44. The molecule has 0 spiro atoms. The van der Waals surface area contributed by atoms with E-state index in [0.29, 0.717) is 23.7 Å². The highest BCUT2D eigenvalue weighted by atomic mass is 16.2. The van der Waals surface area contributed by atoms with Crippen molar-refractivity contribution in [3.05, 3.63) is 29.8 Å². The molecule has 0 radical (unpaired) electrons. The lowest BCUT2D eigenvalue weighted by molar-refractivity contribution is -0.116. The van der Waals surface area contributed by atoms with Gasteiger partial charge >= 0.3 is 0 Å². The van der Waals surface area contributed by atoms with Crippen LogP contribution in [0.2, 0.25) is 0 Å². The van der Waals surface area contributed by atoms with Gasteiger partial charge in [-0.2, -0.15) is 0 Å². The normalized spacial score (nSPS) is 13.7. The number of carbonyl (C=O) groups excluding carboxylic acids is 2. The van der Waals surface area contributed by atoms with Crippen molar-refractivity contribution in [2.45, 2.75) is 64.3 Å². The summed E-state index contributed by atoms with van der Waals surface area (Å²) < 4.78 is 0. The standard InChI is InChI=1S/C18H26N2O2/c1-2-3-4-5-6-10-17(21)19-16-9-7-8-14(13-16)18(22)20-15-11-12-15/h7-9,13,15H,2-6,10-12H2,1H3,(H,19,21)(H,20,22). The highest BCUT2D eigenvalue weighted by Gasteiger charge is 2.23. The average molecular weight is 302 g/mol. The van der Waals surface area contributed by atoms with Crippen molar-refractivity contribution in [2.24, 2.45) is 0 Å². The molecular formula is C18H26N2O2. The molecule has 120 valence electrons. The van der Waals surface area contributed by atoms with Gasteiger partial charge in [0.25, 0.3) is 5.91 Å². The van der Waals surface area contributed by atoms with Crippen LogP contribution >= 0.6 is 0 Å². The molecule has 4 nitrogen and oxygen atoms in total. The molecule has 1 aromatic carbocycles. The second-order valence-electron chi connectivity index (χ2n) is 6.04. The second kappa shape index (κ2) is 8.57. The van der Waals surface area contributed by atoms with Crippen LogP contribution in [0.3, 0.4) is 0 Å². The van der Waals surface area contributed by atoms with Gasteiger partial charge in [-0.15, -0.1) is 0 Å². The first-order chi connectivity index (χ1) is 10.7. The molecule has 1 aliphatic rings. The van der Waals surface area contributed by atoms with E-state index in [-0.39, 0.29) is 11.8 Å². The second-order valence-corrected chi connectivity index (χ2v) is 6.04. The molecule has 1 saturated carbocycles. The summed E-state index contributed by atoms with van der Waals surface area (Å²) in [5.74, 6) is -0.0329. The zero-order chi connectivity index (χ0) is 15.8. The number of unbranched alkanes of at least 4 members (excludes halogenated alkanes) is 4. The Bertz CT molecular complexity index is 510. The fourth-order valence-electron chi connectivity index (χ4n) is 2.35. The molecule has 1 fully saturated rings. The predicted molar refractivity (Wildman–Crippen MR) is 88.9 cm³/mol. The van der Waals surface area contributed by atoms with Crippen molar-refractivity contribution >= 4 is 17.5 Å². The number of nitrogens with one attached hydrogen (secondary N) is 2. The minimum Gasteiger partial charge on any atom is -0.349 e. The molecule has 0 aromatic heterocycles. The van der Waals surface area contributed by atoms with E-state index in [1.165, 1.54) is 19.3 Å². The smallest absolute Gasteiger partial charge is 0.251 e. The first-order valence-electron chi connectivity index (χ1n) is 8.40. The number of amides is 2. The Morgan fingerprint density at radius 2 is 1.91 bits per heavy atom. The average Bonchev–Trinajstić information content (AvgIpc) is 3.31. The molecule has 2 N–H and O–H groups in total. The summed E-state index contributed by atoms with van der Waals surface area (Å²) in [5.41, 5.74) is 1.30. The minimum atomic E-state index is -0.0573. The van der Waals surface area contributed by atoms with Crippen LogP contribution in [0.5, 0.6) is 0 Å². The maximum atomic E-state index is 12.0. The third-order valence-electron chi connectivity index (χ3n) is 3.83. The first kappa shape index (κ1) is 16.5. The number of anilines is 1. The van der Waals surface area contributed by atoms with Gasteiger partial charge in [0.05, 0.1) is 0 Å². The van der Waals surface area contributed by atoms with E-state index in [4.69, 9.17) is 0 Å². The van der Waals surface area contributed by atoms with Crippen LogP contribution in [0.4, 0.5) is 5.69 Å². The molecule has 0 heterocycles. The summed E-state index contributed by atoms with van der Waals surface area (Å²) in [7, 11) is 0. The summed E-state index contributed by atoms with van der Waals surface area (Å²) in [6.07, 6.45) is 8.35. The lowest BCUT2D eigenvalue weighted by atomic mass is 10.1. The van der Waals surface area contributed by atoms with E-state index in [2.05, 4.69) is 17.6 Å². The van der Waals surface area contributed by atoms with Gasteiger partial charge in [-0.05, 0) is 37.5 Å². The summed E-state index contributed by atoms with van der Waals surface area (Å²) in [5, 5.41) is 5.83. The molecule has 4 heteroatoms. The Morgan fingerprint density at radius 1 is 1.14 bits per heavy atom. The molecule has 1 aromatic rings. The Balaban J connectivity index is 1.76. The van der Waals surface area contributed by atoms with Gasteiger partial charge in [-0.25, -0.2) is 0 Å². The lowest BCUT2D eigenvalue weighted by Crippen LogP contribution is -2.25. The van der Waals surface area contributed by atoms with Crippen molar-refractivity contribution in [3.8, 4) is 0 Å². The van der Waals surface area contributed by atoms with Crippen molar-refractivity contribution in [3.63, 3.8) is 0 Å². The maximum absolute atomic E-state index is 12.0. The van der Waals surface area contributed by atoms with Crippen LogP contribution in [0.25, 0.3) is 0 Å². The van der Waals surface area contributed by atoms with Crippen molar-refractivity contribution in [1.82, 2.24) is 5.32 Å². The molecule has 2 rings (SSSR count). The molecular weight excluding hydrogens is 276 g/mol. The molecule has 0 atom stereocenters. The van der Waals surface area contributed by atoms with E-state index >= 15 is 0 Å². The molecule has 22 heavy (non-hydrogen) atoms. The Morgan fingerprint density at radius 3 is 2.64 bits per heavy atom. The van der Waals surface area contributed by atoms with E-state index < -0.39 is 0 Å². The van der Waals surface area contributed by atoms with E-state index in [9.17, 15) is 9.59 Å². The highest BCUT2D eigenvalue weighted by Crippen LogP contribution is 2.20. The Hall–Kier alpha value is -1.84. The van der Waals surface area contributed by atoms with Crippen LogP contribution in [-0.2, 0) is 4.79 Å². The summed E-state index contributed by atoms with van der Waals surface area (Å²) in [4.78, 5) is 23.9. The number of carbonyl (C=O) groups is 2. The van der Waals surface area contributed by atoms with E-state index in [0.717, 1.165) is 25.7 Å². The summed E-state index contributed by atoms with van der Waals surface area (Å²) in [6.45, 7) is 2.18. The SMILES string of the molecule is CCCCCCCC(=O)Nc1cccc(C(=O)NC2CC2)c1. The van der Waals surface area contributed by atoms with Crippen LogP contribution in [0.1, 0.15) is 68.6 Å². The largest absolute Gasteiger partial charge is 0.349 e. The number of hydrogen-bond acceptors (Lipinski definition) is 2. The molecule has 1 aliphatic carbocycles. The monoisotopic (exact) mass is 302 g/mol. The van der Waals surface area contributed by atoms with E-state index in [1.807, 2.05) is 6.07 Å². The predicted octanol–water partition coefficient (Wildman–Crippen LogP) is 3.88. The molecule has 0 bridgehead atoms. The molecule has 0 saturated heterocycles. The quantitative estimate of drug-likeness (QED) is 0.680. The summed E-state index contributed by atoms with van der Waals surface area (Å²) in [6, 6.07) is 7.49. The molecule has 0 aliphatic heterocycles. The van der Waals surface area contributed by atoms with Gasteiger partial charge in [0, 0.05) is 23.7 Å². The van der Waals surface area contributed by atoms with Gasteiger partial charge in [0.2, 0.25) is 5.91 Å². The molecule has 2 amide bonds. The van der Waals surface area contributed by atoms with Gasteiger partial charge in [-0.1, -0.05) is 38.7 Å². The fourth-order valence-corrected chi connectivity index (χ4v) is 2.35. The van der Waals surface area contributed by atoms with Crippen molar-refractivity contribution in [1.29, 1.82) is 0 Å². The van der Waals surface area contributed by atoms with Gasteiger partial charge in [-0.3, -0.25) is 9.59 Å². The number of rotatable bonds is 9. The van der Waals surface area contributed by atoms with Crippen LogP contribution in [0.15, 0.2) is 24.3 Å². The van der Waals surface area contributed by atoms with Crippen molar-refractivity contribution < 1.29 is 9.59 Å². The van der Waals surface area contributed by atoms with Gasteiger partial charge in [0.1, 0.15) is 0 Å². The van der Waals surface area contributed by atoms with E-state index in [1.54, 1.807) is 18.2 Å². The number of hydrogen-bond donors (Lipinski definition) is 2. The third kappa shape index (κ3) is 5.88. The fraction of sp³-hybridized carbons (Fsp3) is 0.556. The minimum absolute atomic E-state index is 0.0243. The van der Waals surface area contributed by atoms with Crippen LogP contribution < -0.4 is 10.6 Å². The third-order valence-corrected chi connectivity index (χ3v) is 3.83. The summed E-state index contributed by atoms with van der Waals surface area (Å²) >= 11 is 0. The van der Waals surface area contributed by atoms with Gasteiger partial charge < -0.3 is 10.6 Å². The van der Waals surface area contributed by atoms with Crippen LogP contribution in [0, 0.1) is 0 Å². The Labute approximate surface area is 132 Å². The number of benzene rings is 1. The van der Waals surface area contributed by atoms with Crippen molar-refractivity contribution in [2.75, 3.05) is 5.32 Å².